The lowest BCUT2D eigenvalue weighted by Crippen LogP contribution is -2.30. The van der Waals surface area contributed by atoms with Crippen molar-refractivity contribution < 1.29 is 4.79 Å². The molecule has 0 aromatic carbocycles. The van der Waals surface area contributed by atoms with Crippen molar-refractivity contribution in [3.05, 3.63) is 29.4 Å². The third kappa shape index (κ3) is 1.46. The molecule has 1 aromatic heterocycles. The number of pyridine rings is 1. The van der Waals surface area contributed by atoms with E-state index in [0.29, 0.717) is 0 Å². The topological polar surface area (TPSA) is 71.9 Å². The van der Waals surface area contributed by atoms with Crippen molar-refractivity contribution in [2.45, 2.75) is 6.92 Å². The van der Waals surface area contributed by atoms with Gasteiger partial charge in [-0.2, -0.15) is 0 Å². The van der Waals surface area contributed by atoms with Gasteiger partial charge < -0.3 is 5.73 Å². The molecule has 1 rings (SSSR count). The summed E-state index contributed by atoms with van der Waals surface area (Å²) < 4.78 is 1.08. The summed E-state index contributed by atoms with van der Waals surface area (Å²) >= 11 is 0. The second kappa shape index (κ2) is 2.57. The third-order valence-corrected chi connectivity index (χ3v) is 1.35. The molecule has 3 N–H and O–H groups in total. The predicted molar refractivity (Wildman–Crippen MR) is 40.0 cm³/mol. The number of amides is 1. The number of aryl methyl sites for hydroxylation is 1. The molecule has 0 radical (unpaired) electrons. The van der Waals surface area contributed by atoms with Crippen molar-refractivity contribution >= 4 is 6.03 Å². The van der Waals surface area contributed by atoms with Gasteiger partial charge in [0.15, 0.2) is 0 Å². The van der Waals surface area contributed by atoms with Crippen LogP contribution in [0, 0.1) is 12.3 Å². The van der Waals surface area contributed by atoms with Gasteiger partial charge in [-0.3, -0.25) is 9.98 Å². The number of nitrogens with zero attached hydrogens (tertiary/aromatic N) is 1. The molecule has 58 valence electrons. The fourth-order valence-electron chi connectivity index (χ4n) is 0.798. The van der Waals surface area contributed by atoms with Gasteiger partial charge in [-0.1, -0.05) is 0 Å². The van der Waals surface area contributed by atoms with Crippen molar-refractivity contribution in [3.8, 4) is 0 Å². The number of carbonyl (C=O) groups excluding carboxylic acids is 1. The van der Waals surface area contributed by atoms with E-state index in [9.17, 15) is 4.79 Å². The first-order valence-corrected chi connectivity index (χ1v) is 3.15. The Hall–Kier alpha value is -1.58. The zero-order chi connectivity index (χ0) is 8.43. The molecule has 0 fully saturated rings. The first-order chi connectivity index (χ1) is 5.11. The molecule has 1 heterocycles. The minimum absolute atomic E-state index is 0.109. The van der Waals surface area contributed by atoms with Crippen molar-refractivity contribution in [1.82, 2.24) is 4.57 Å². The van der Waals surface area contributed by atoms with Gasteiger partial charge in [0.25, 0.3) is 0 Å². The Morgan fingerprint density at radius 3 is 2.82 bits per heavy atom. The van der Waals surface area contributed by atoms with Crippen LogP contribution in [-0.4, -0.2) is 10.6 Å². The third-order valence-electron chi connectivity index (χ3n) is 1.35. The Bertz CT molecular complexity index is 340. The van der Waals surface area contributed by atoms with Crippen LogP contribution in [0.4, 0.5) is 4.79 Å². The highest BCUT2D eigenvalue weighted by Gasteiger charge is 1.96. The van der Waals surface area contributed by atoms with Crippen LogP contribution in [0.5, 0.6) is 0 Å². The van der Waals surface area contributed by atoms with E-state index in [1.54, 1.807) is 12.1 Å². The van der Waals surface area contributed by atoms with Gasteiger partial charge in [0.2, 0.25) is 0 Å². The second-order valence-corrected chi connectivity index (χ2v) is 2.30. The van der Waals surface area contributed by atoms with Crippen molar-refractivity contribution in [2.24, 2.45) is 5.73 Å². The Labute approximate surface area is 63.8 Å². The van der Waals surface area contributed by atoms with Gasteiger partial charge in [-0.05, 0) is 24.6 Å². The van der Waals surface area contributed by atoms with E-state index < -0.39 is 6.03 Å². The molecule has 0 aliphatic heterocycles. The number of hydrogen-bond donors (Lipinski definition) is 2. The predicted octanol–water partition coefficient (Wildman–Crippen LogP) is 0.203. The minimum Gasteiger partial charge on any atom is -0.351 e. The summed E-state index contributed by atoms with van der Waals surface area (Å²) in [7, 11) is 0. The summed E-state index contributed by atoms with van der Waals surface area (Å²) in [5, 5.41) is 7.30. The molecule has 0 saturated carbocycles. The first kappa shape index (κ1) is 7.53. The second-order valence-electron chi connectivity index (χ2n) is 2.30. The monoisotopic (exact) mass is 151 g/mol. The fourth-order valence-corrected chi connectivity index (χ4v) is 0.798. The van der Waals surface area contributed by atoms with E-state index >= 15 is 0 Å². The molecule has 0 unspecified atom stereocenters. The maximum atomic E-state index is 10.6. The highest BCUT2D eigenvalue weighted by Crippen LogP contribution is 1.88. The van der Waals surface area contributed by atoms with E-state index in [2.05, 4.69) is 0 Å². The molecule has 4 nitrogen and oxygen atoms in total. The van der Waals surface area contributed by atoms with Gasteiger partial charge in [0.1, 0.15) is 5.49 Å². The largest absolute Gasteiger partial charge is 0.351 e. The quantitative estimate of drug-likeness (QED) is 0.546. The number of hydrogen-bond acceptors (Lipinski definition) is 2. The summed E-state index contributed by atoms with van der Waals surface area (Å²) in [6.07, 6.45) is 1.49. The van der Waals surface area contributed by atoms with E-state index in [1.807, 2.05) is 6.92 Å². The maximum absolute atomic E-state index is 10.6. The summed E-state index contributed by atoms with van der Waals surface area (Å²) in [6, 6.07) is 2.67. The molecule has 1 amide bonds. The van der Waals surface area contributed by atoms with Gasteiger partial charge in [-0.25, -0.2) is 4.79 Å². The molecule has 4 heteroatoms. The highest BCUT2D eigenvalue weighted by molar-refractivity contribution is 5.74. The molecule has 0 spiro atoms. The summed E-state index contributed by atoms with van der Waals surface area (Å²) in [4.78, 5) is 10.6. The standard InChI is InChI=1S/C7H9N3O/c1-5-2-3-10(7(9)11)6(8)4-5/h2-4,8H,1H3,(H2,9,11). The lowest BCUT2D eigenvalue weighted by atomic mass is 10.3. The molecule has 1 aromatic rings. The van der Waals surface area contributed by atoms with Crippen LogP contribution < -0.4 is 11.2 Å². The molecule has 11 heavy (non-hydrogen) atoms. The Morgan fingerprint density at radius 1 is 1.73 bits per heavy atom. The SMILES string of the molecule is Cc1ccn(C(N)=O)c(=N)c1. The van der Waals surface area contributed by atoms with E-state index in [0.717, 1.165) is 10.1 Å². The summed E-state index contributed by atoms with van der Waals surface area (Å²) in [5.74, 6) is 0. The number of nitrogens with two attached hydrogens (primary N) is 1. The molecular formula is C7H9N3O. The van der Waals surface area contributed by atoms with Gasteiger partial charge in [0.05, 0.1) is 0 Å². The van der Waals surface area contributed by atoms with Crippen LogP contribution in [0.2, 0.25) is 0 Å². The zero-order valence-corrected chi connectivity index (χ0v) is 6.16. The highest BCUT2D eigenvalue weighted by atomic mass is 16.2. The van der Waals surface area contributed by atoms with Crippen LogP contribution >= 0.6 is 0 Å². The zero-order valence-electron chi connectivity index (χ0n) is 6.16. The lowest BCUT2D eigenvalue weighted by molar-refractivity contribution is 0.249. The maximum Gasteiger partial charge on any atom is 0.324 e. The summed E-state index contributed by atoms with van der Waals surface area (Å²) in [5.41, 5.74) is 6.01. The Morgan fingerprint density at radius 2 is 2.36 bits per heavy atom. The molecule has 0 aliphatic carbocycles. The van der Waals surface area contributed by atoms with Crippen molar-refractivity contribution in [1.29, 1.82) is 5.41 Å². The smallest absolute Gasteiger partial charge is 0.324 e. The van der Waals surface area contributed by atoms with Crippen molar-refractivity contribution in [3.63, 3.8) is 0 Å². The minimum atomic E-state index is -0.630. The Kier molecular flexibility index (Phi) is 1.76. The average molecular weight is 151 g/mol. The molecule has 0 saturated heterocycles. The lowest BCUT2D eigenvalue weighted by Gasteiger charge is -2.00. The van der Waals surface area contributed by atoms with Crippen molar-refractivity contribution in [2.75, 3.05) is 0 Å². The van der Waals surface area contributed by atoms with E-state index in [-0.39, 0.29) is 5.49 Å². The van der Waals surface area contributed by atoms with E-state index in [1.165, 1.54) is 6.20 Å². The fraction of sp³-hybridized carbons (Fsp3) is 0.143. The van der Waals surface area contributed by atoms with Crippen LogP contribution in [0.1, 0.15) is 5.56 Å². The number of rotatable bonds is 0. The van der Waals surface area contributed by atoms with Crippen LogP contribution in [-0.2, 0) is 0 Å². The number of nitrogens with one attached hydrogen (secondary N) is 1. The summed E-state index contributed by atoms with van der Waals surface area (Å²) in [6.45, 7) is 1.85. The average Bonchev–Trinajstić information content (AvgIpc) is 1.85. The number of primary amides is 1. The van der Waals surface area contributed by atoms with Gasteiger partial charge in [0, 0.05) is 6.20 Å². The number of aromatic nitrogens is 1. The van der Waals surface area contributed by atoms with E-state index in [4.69, 9.17) is 11.1 Å². The van der Waals surface area contributed by atoms with Gasteiger partial charge in [-0.15, -0.1) is 0 Å². The first-order valence-electron chi connectivity index (χ1n) is 3.15. The normalized spacial score (nSPS) is 9.55. The van der Waals surface area contributed by atoms with Crippen LogP contribution in [0.3, 0.4) is 0 Å². The molecule has 0 atom stereocenters. The molecular weight excluding hydrogens is 142 g/mol. The molecule has 0 aliphatic rings. The Balaban J connectivity index is 3.32. The van der Waals surface area contributed by atoms with Crippen LogP contribution in [0.15, 0.2) is 18.3 Å². The van der Waals surface area contributed by atoms with Gasteiger partial charge >= 0.3 is 6.03 Å². The number of carbonyl (C=O) groups is 1. The molecule has 0 bridgehead atoms. The van der Waals surface area contributed by atoms with Crippen LogP contribution in [0.25, 0.3) is 0 Å².